The minimum absolute atomic E-state index is 0.0914. The molecular weight excluding hydrogens is 321 g/mol. The Labute approximate surface area is 145 Å². The summed E-state index contributed by atoms with van der Waals surface area (Å²) in [6.45, 7) is 0. The smallest absolute Gasteiger partial charge is 0.307 e. The Morgan fingerprint density at radius 3 is 2.68 bits per heavy atom. The maximum absolute atomic E-state index is 13.6. The Kier molecular flexibility index (Phi) is 3.27. The molecule has 3 atom stereocenters. The van der Waals surface area contributed by atoms with Gasteiger partial charge in [-0.15, -0.1) is 0 Å². The number of carboxylic acid groups (broad SMARTS) is 1. The van der Waals surface area contributed by atoms with Gasteiger partial charge in [-0.25, -0.2) is 4.39 Å². The van der Waals surface area contributed by atoms with E-state index in [0.29, 0.717) is 34.8 Å². The number of hydrogen-bond acceptors (Lipinski definition) is 3. The van der Waals surface area contributed by atoms with E-state index in [-0.39, 0.29) is 17.8 Å². The highest BCUT2D eigenvalue weighted by molar-refractivity contribution is 5.84. The Balaban J connectivity index is 1.29. The summed E-state index contributed by atoms with van der Waals surface area (Å²) in [4.78, 5) is 15.8. The van der Waals surface area contributed by atoms with Gasteiger partial charge in [-0.1, -0.05) is 0 Å². The Morgan fingerprint density at radius 2 is 2.00 bits per heavy atom. The molecule has 3 unspecified atom stereocenters. The molecular formula is C20H20FNO3. The van der Waals surface area contributed by atoms with Gasteiger partial charge >= 0.3 is 5.97 Å². The third kappa shape index (κ3) is 2.57. The van der Waals surface area contributed by atoms with Crippen molar-refractivity contribution in [2.24, 2.45) is 29.6 Å². The Bertz CT molecular complexity index is 838. The molecule has 3 aliphatic carbocycles. The number of halogens is 1. The number of benzene rings is 1. The number of carboxylic acids is 1. The standard InChI is InChI=1S/C20H20FNO3/c21-11-3-4-16-15(7-11)17(5-6-22-16)25-12-8-13-14(9-12)19(13)18(20(23)24)10-1-2-10/h3-7,10,12-14,18-19H,1-2,8-9H2,(H,23,24). The van der Waals surface area contributed by atoms with Crippen LogP contribution in [-0.2, 0) is 4.79 Å². The van der Waals surface area contributed by atoms with Crippen molar-refractivity contribution < 1.29 is 19.0 Å². The lowest BCUT2D eigenvalue weighted by molar-refractivity contribution is -0.143. The summed E-state index contributed by atoms with van der Waals surface area (Å²) in [6, 6.07) is 6.31. The van der Waals surface area contributed by atoms with Crippen molar-refractivity contribution in [3.8, 4) is 5.75 Å². The van der Waals surface area contributed by atoms with Gasteiger partial charge in [-0.3, -0.25) is 9.78 Å². The van der Waals surface area contributed by atoms with Crippen molar-refractivity contribution in [1.29, 1.82) is 0 Å². The fourth-order valence-corrected chi connectivity index (χ4v) is 4.98. The highest BCUT2D eigenvalue weighted by atomic mass is 19.1. The minimum Gasteiger partial charge on any atom is -0.490 e. The molecule has 0 amide bonds. The van der Waals surface area contributed by atoms with Gasteiger partial charge in [0.25, 0.3) is 0 Å². The maximum Gasteiger partial charge on any atom is 0.307 e. The van der Waals surface area contributed by atoms with E-state index >= 15 is 0 Å². The number of aromatic nitrogens is 1. The van der Waals surface area contributed by atoms with Crippen LogP contribution in [0.4, 0.5) is 4.39 Å². The van der Waals surface area contributed by atoms with Crippen LogP contribution >= 0.6 is 0 Å². The van der Waals surface area contributed by atoms with Crippen LogP contribution in [0.25, 0.3) is 10.9 Å². The lowest BCUT2D eigenvalue weighted by atomic mass is 9.92. The van der Waals surface area contributed by atoms with Gasteiger partial charge in [0.1, 0.15) is 11.6 Å². The first kappa shape index (κ1) is 15.1. The Morgan fingerprint density at radius 1 is 1.24 bits per heavy atom. The molecule has 130 valence electrons. The number of hydrogen-bond donors (Lipinski definition) is 1. The first-order valence-electron chi connectivity index (χ1n) is 9.05. The largest absolute Gasteiger partial charge is 0.490 e. The fraction of sp³-hybridized carbons (Fsp3) is 0.500. The van der Waals surface area contributed by atoms with Crippen LogP contribution < -0.4 is 4.74 Å². The molecule has 3 aliphatic rings. The molecule has 0 aliphatic heterocycles. The second-order valence-corrected chi connectivity index (χ2v) is 7.79. The summed E-state index contributed by atoms with van der Waals surface area (Å²) in [6.07, 6.45) is 5.73. The van der Waals surface area contributed by atoms with Crippen molar-refractivity contribution in [3.05, 3.63) is 36.3 Å². The normalized spacial score (nSPS) is 31.6. The van der Waals surface area contributed by atoms with E-state index in [4.69, 9.17) is 4.74 Å². The molecule has 3 fully saturated rings. The van der Waals surface area contributed by atoms with Gasteiger partial charge in [0.15, 0.2) is 0 Å². The number of aliphatic carboxylic acids is 1. The quantitative estimate of drug-likeness (QED) is 0.896. The van der Waals surface area contributed by atoms with E-state index in [1.165, 1.54) is 12.1 Å². The zero-order chi connectivity index (χ0) is 17.1. The summed E-state index contributed by atoms with van der Waals surface area (Å²) in [7, 11) is 0. The van der Waals surface area contributed by atoms with Crippen LogP contribution in [0, 0.1) is 35.4 Å². The molecule has 25 heavy (non-hydrogen) atoms. The molecule has 3 saturated carbocycles. The maximum atomic E-state index is 13.6. The average molecular weight is 341 g/mol. The summed E-state index contributed by atoms with van der Waals surface area (Å²) in [5.41, 5.74) is 0.722. The lowest BCUT2D eigenvalue weighted by Gasteiger charge is -2.20. The van der Waals surface area contributed by atoms with Gasteiger partial charge < -0.3 is 9.84 Å². The first-order chi connectivity index (χ1) is 12.1. The first-order valence-corrected chi connectivity index (χ1v) is 9.05. The van der Waals surface area contributed by atoms with Crippen LogP contribution in [0.2, 0.25) is 0 Å². The molecule has 0 saturated heterocycles. The zero-order valence-electron chi connectivity index (χ0n) is 13.8. The molecule has 1 N–H and O–H groups in total. The van der Waals surface area contributed by atoms with Crippen LogP contribution in [0.1, 0.15) is 25.7 Å². The number of fused-ring (bicyclic) bond motifs is 2. The fourth-order valence-electron chi connectivity index (χ4n) is 4.98. The SMILES string of the molecule is O=C(O)C(C1CC1)C1C2CC(Oc3ccnc4ccc(F)cc34)CC21. The van der Waals surface area contributed by atoms with Gasteiger partial charge in [0, 0.05) is 11.6 Å². The van der Waals surface area contributed by atoms with Crippen molar-refractivity contribution in [3.63, 3.8) is 0 Å². The van der Waals surface area contributed by atoms with Gasteiger partial charge in [-0.2, -0.15) is 0 Å². The van der Waals surface area contributed by atoms with Crippen molar-refractivity contribution in [1.82, 2.24) is 4.98 Å². The predicted octanol–water partition coefficient (Wildman–Crippen LogP) is 3.89. The van der Waals surface area contributed by atoms with E-state index in [2.05, 4.69) is 4.98 Å². The average Bonchev–Trinajstić information content (AvgIpc) is 3.48. The number of rotatable bonds is 5. The predicted molar refractivity (Wildman–Crippen MR) is 89.7 cm³/mol. The lowest BCUT2D eigenvalue weighted by Crippen LogP contribution is -2.24. The Hall–Kier alpha value is -2.17. The number of pyridine rings is 1. The van der Waals surface area contributed by atoms with E-state index in [1.807, 2.05) is 0 Å². The molecule has 1 aromatic carbocycles. The molecule has 0 spiro atoms. The van der Waals surface area contributed by atoms with Crippen molar-refractivity contribution in [2.45, 2.75) is 31.8 Å². The van der Waals surface area contributed by atoms with E-state index < -0.39 is 5.97 Å². The third-order valence-corrected chi connectivity index (χ3v) is 6.25. The second kappa shape index (κ2) is 5.41. The van der Waals surface area contributed by atoms with E-state index in [0.717, 1.165) is 31.2 Å². The van der Waals surface area contributed by atoms with Gasteiger partial charge in [0.05, 0.1) is 17.5 Å². The van der Waals surface area contributed by atoms with Gasteiger partial charge in [0.2, 0.25) is 0 Å². The summed E-state index contributed by atoms with van der Waals surface area (Å²) in [5, 5.41) is 10.2. The molecule has 4 nitrogen and oxygen atoms in total. The monoisotopic (exact) mass is 341 g/mol. The topological polar surface area (TPSA) is 59.4 Å². The van der Waals surface area contributed by atoms with E-state index in [9.17, 15) is 14.3 Å². The molecule has 0 bridgehead atoms. The zero-order valence-corrected chi connectivity index (χ0v) is 13.8. The highest BCUT2D eigenvalue weighted by Crippen LogP contribution is 2.64. The molecule has 1 heterocycles. The second-order valence-electron chi connectivity index (χ2n) is 7.79. The minimum atomic E-state index is -0.616. The summed E-state index contributed by atoms with van der Waals surface area (Å²) in [5.74, 6) is 1.32. The van der Waals surface area contributed by atoms with Crippen LogP contribution in [0.5, 0.6) is 5.75 Å². The number of ether oxygens (including phenoxy) is 1. The third-order valence-electron chi connectivity index (χ3n) is 6.25. The molecule has 5 heteroatoms. The molecule has 2 aromatic rings. The van der Waals surface area contributed by atoms with Crippen LogP contribution in [0.15, 0.2) is 30.5 Å². The van der Waals surface area contributed by atoms with Crippen molar-refractivity contribution in [2.75, 3.05) is 0 Å². The summed E-state index contributed by atoms with van der Waals surface area (Å²) < 4.78 is 19.7. The molecule has 0 radical (unpaired) electrons. The molecule has 1 aromatic heterocycles. The highest BCUT2D eigenvalue weighted by Gasteiger charge is 2.63. The molecule has 5 rings (SSSR count). The van der Waals surface area contributed by atoms with Crippen LogP contribution in [-0.4, -0.2) is 22.2 Å². The van der Waals surface area contributed by atoms with Crippen molar-refractivity contribution >= 4 is 16.9 Å². The van der Waals surface area contributed by atoms with E-state index in [1.54, 1.807) is 18.3 Å². The summed E-state index contributed by atoms with van der Waals surface area (Å²) >= 11 is 0. The van der Waals surface area contributed by atoms with Crippen LogP contribution in [0.3, 0.4) is 0 Å². The van der Waals surface area contributed by atoms with Gasteiger partial charge in [-0.05, 0) is 73.6 Å². The number of carbonyl (C=O) groups is 1. The number of nitrogens with zero attached hydrogens (tertiary/aromatic N) is 1.